The van der Waals surface area contributed by atoms with E-state index < -0.39 is 10.0 Å². The van der Waals surface area contributed by atoms with Gasteiger partial charge < -0.3 is 0 Å². The molecule has 0 bridgehead atoms. The minimum absolute atomic E-state index is 0.450. The molecule has 1 aromatic rings. The van der Waals surface area contributed by atoms with Gasteiger partial charge in [0.25, 0.3) is 0 Å². The lowest BCUT2D eigenvalue weighted by molar-refractivity contribution is 0.142. The molecule has 1 atom stereocenters. The molecular weight excluding hydrogens is 360 g/mol. The lowest BCUT2D eigenvalue weighted by Gasteiger charge is -2.37. The van der Waals surface area contributed by atoms with Crippen molar-refractivity contribution in [3.63, 3.8) is 0 Å². The topological polar surface area (TPSA) is 40.6 Å². The average molecular weight is 381 g/mol. The van der Waals surface area contributed by atoms with Crippen LogP contribution in [0.25, 0.3) is 0 Å². The van der Waals surface area contributed by atoms with Crippen LogP contribution < -0.4 is 0 Å². The molecule has 0 spiro atoms. The SMILES string of the molecule is CCC(C)N1CCN(S(=O)(=O)c2cc(Br)sc2C)CC1. The Labute approximate surface area is 133 Å². The summed E-state index contributed by atoms with van der Waals surface area (Å²) in [5.41, 5.74) is 0. The van der Waals surface area contributed by atoms with Crippen LogP contribution in [0.1, 0.15) is 25.1 Å². The first-order valence-corrected chi connectivity index (χ1v) is 9.91. The molecule has 1 aliphatic heterocycles. The van der Waals surface area contributed by atoms with Crippen molar-refractivity contribution in [1.82, 2.24) is 9.21 Å². The third-order valence-electron chi connectivity index (χ3n) is 3.95. The van der Waals surface area contributed by atoms with Crippen molar-refractivity contribution in [3.8, 4) is 0 Å². The van der Waals surface area contributed by atoms with E-state index >= 15 is 0 Å². The molecule has 0 aromatic carbocycles. The van der Waals surface area contributed by atoms with Crippen LogP contribution in [0.3, 0.4) is 0 Å². The Balaban J connectivity index is 2.12. The van der Waals surface area contributed by atoms with Gasteiger partial charge in [-0.3, -0.25) is 4.90 Å². The zero-order chi connectivity index (χ0) is 14.9. The van der Waals surface area contributed by atoms with Gasteiger partial charge in [0.1, 0.15) is 0 Å². The molecule has 0 N–H and O–H groups in total. The number of hydrogen-bond acceptors (Lipinski definition) is 4. The van der Waals surface area contributed by atoms with Gasteiger partial charge >= 0.3 is 0 Å². The number of rotatable bonds is 4. The molecule has 2 rings (SSSR count). The molecular formula is C13H21BrN2O2S2. The molecule has 1 aliphatic rings. The Bertz CT molecular complexity index is 563. The van der Waals surface area contributed by atoms with Crippen LogP contribution in [0.5, 0.6) is 0 Å². The normalized spacial score (nSPS) is 20.2. The third-order valence-corrected chi connectivity index (χ3v) is 7.65. The van der Waals surface area contributed by atoms with Crippen LogP contribution >= 0.6 is 27.3 Å². The second-order valence-corrected chi connectivity index (χ2v) is 9.71. The molecule has 1 aromatic heterocycles. The Morgan fingerprint density at radius 3 is 2.40 bits per heavy atom. The van der Waals surface area contributed by atoms with Crippen LogP contribution in [0.4, 0.5) is 0 Å². The highest BCUT2D eigenvalue weighted by atomic mass is 79.9. The van der Waals surface area contributed by atoms with Gasteiger partial charge in [-0.05, 0) is 42.3 Å². The smallest absolute Gasteiger partial charge is 0.244 e. The minimum Gasteiger partial charge on any atom is -0.298 e. The average Bonchev–Trinajstić information content (AvgIpc) is 2.77. The molecule has 1 saturated heterocycles. The molecule has 1 unspecified atom stereocenters. The lowest BCUT2D eigenvalue weighted by Crippen LogP contribution is -2.51. The second kappa shape index (κ2) is 6.44. The highest BCUT2D eigenvalue weighted by Gasteiger charge is 2.31. The maximum absolute atomic E-state index is 12.7. The molecule has 1 fully saturated rings. The van der Waals surface area contributed by atoms with Crippen molar-refractivity contribution in [2.75, 3.05) is 26.2 Å². The number of piperazine rings is 1. The first kappa shape index (κ1) is 16.4. The van der Waals surface area contributed by atoms with Crippen LogP contribution in [-0.4, -0.2) is 49.8 Å². The van der Waals surface area contributed by atoms with E-state index in [1.807, 2.05) is 6.92 Å². The van der Waals surface area contributed by atoms with Gasteiger partial charge in [-0.1, -0.05) is 6.92 Å². The van der Waals surface area contributed by atoms with Crippen molar-refractivity contribution in [2.45, 2.75) is 38.1 Å². The van der Waals surface area contributed by atoms with E-state index in [1.165, 1.54) is 11.3 Å². The molecule has 0 saturated carbocycles. The Hall–Kier alpha value is 0.0500. The van der Waals surface area contributed by atoms with Gasteiger partial charge in [-0.2, -0.15) is 4.31 Å². The largest absolute Gasteiger partial charge is 0.298 e. The molecule has 20 heavy (non-hydrogen) atoms. The fraction of sp³-hybridized carbons (Fsp3) is 0.692. The van der Waals surface area contributed by atoms with Gasteiger partial charge in [-0.15, -0.1) is 11.3 Å². The standard InChI is InChI=1S/C13H21BrN2O2S2/c1-4-10(2)15-5-7-16(8-6-15)20(17,18)12-9-13(14)19-11(12)3/h9-10H,4-8H2,1-3H3. The van der Waals surface area contributed by atoms with E-state index in [2.05, 4.69) is 34.7 Å². The number of thiophene rings is 1. The van der Waals surface area contributed by atoms with Crippen LogP contribution in [0.15, 0.2) is 14.7 Å². The first-order chi connectivity index (χ1) is 9.36. The van der Waals surface area contributed by atoms with Crippen molar-refractivity contribution in [1.29, 1.82) is 0 Å². The lowest BCUT2D eigenvalue weighted by atomic mass is 10.2. The molecule has 114 valence electrons. The second-order valence-electron chi connectivity index (χ2n) is 5.17. The molecule has 4 nitrogen and oxygen atoms in total. The van der Waals surface area contributed by atoms with Crippen LogP contribution in [-0.2, 0) is 10.0 Å². The Morgan fingerprint density at radius 2 is 1.95 bits per heavy atom. The number of sulfonamides is 1. The van der Waals surface area contributed by atoms with Crippen molar-refractivity contribution >= 4 is 37.3 Å². The van der Waals surface area contributed by atoms with Gasteiger partial charge in [0.15, 0.2) is 0 Å². The monoisotopic (exact) mass is 380 g/mol. The third kappa shape index (κ3) is 3.27. The molecule has 7 heteroatoms. The quantitative estimate of drug-likeness (QED) is 0.805. The number of hydrogen-bond donors (Lipinski definition) is 0. The van der Waals surface area contributed by atoms with Gasteiger partial charge in [-0.25, -0.2) is 8.42 Å². The Kier molecular flexibility index (Phi) is 5.29. The highest BCUT2D eigenvalue weighted by molar-refractivity contribution is 9.11. The van der Waals surface area contributed by atoms with Crippen LogP contribution in [0, 0.1) is 6.92 Å². The summed E-state index contributed by atoms with van der Waals surface area (Å²) < 4.78 is 27.8. The summed E-state index contributed by atoms with van der Waals surface area (Å²) in [7, 11) is -3.34. The summed E-state index contributed by atoms with van der Waals surface area (Å²) in [6, 6.07) is 2.24. The Morgan fingerprint density at radius 1 is 1.35 bits per heavy atom. The van der Waals surface area contributed by atoms with E-state index in [0.29, 0.717) is 24.0 Å². The molecule has 0 amide bonds. The molecule has 2 heterocycles. The maximum Gasteiger partial charge on any atom is 0.244 e. The zero-order valence-electron chi connectivity index (χ0n) is 12.1. The number of halogens is 1. The van der Waals surface area contributed by atoms with Gasteiger partial charge in [0, 0.05) is 37.1 Å². The van der Waals surface area contributed by atoms with E-state index in [-0.39, 0.29) is 0 Å². The summed E-state index contributed by atoms with van der Waals surface area (Å²) in [6.45, 7) is 9.03. The summed E-state index contributed by atoms with van der Waals surface area (Å²) in [4.78, 5) is 3.66. The van der Waals surface area contributed by atoms with Crippen LogP contribution in [0.2, 0.25) is 0 Å². The van der Waals surface area contributed by atoms with Gasteiger partial charge in [0.2, 0.25) is 10.0 Å². The van der Waals surface area contributed by atoms with E-state index in [0.717, 1.165) is 28.2 Å². The summed E-state index contributed by atoms with van der Waals surface area (Å²) in [6.07, 6.45) is 1.10. The predicted octanol–water partition coefficient (Wildman–Crippen LogP) is 2.92. The van der Waals surface area contributed by atoms with Crippen molar-refractivity contribution in [3.05, 3.63) is 14.7 Å². The molecule has 0 aliphatic carbocycles. The van der Waals surface area contributed by atoms with E-state index in [1.54, 1.807) is 10.4 Å². The number of nitrogens with zero attached hydrogens (tertiary/aromatic N) is 2. The zero-order valence-corrected chi connectivity index (χ0v) is 15.3. The van der Waals surface area contributed by atoms with E-state index in [4.69, 9.17) is 0 Å². The fourth-order valence-electron chi connectivity index (χ4n) is 2.47. The van der Waals surface area contributed by atoms with Crippen molar-refractivity contribution < 1.29 is 8.42 Å². The van der Waals surface area contributed by atoms with Crippen molar-refractivity contribution in [2.24, 2.45) is 0 Å². The highest BCUT2D eigenvalue weighted by Crippen LogP contribution is 2.31. The number of aryl methyl sites for hydroxylation is 1. The summed E-state index contributed by atoms with van der Waals surface area (Å²) in [5, 5.41) is 0. The summed E-state index contributed by atoms with van der Waals surface area (Å²) in [5.74, 6) is 0. The maximum atomic E-state index is 12.7. The summed E-state index contributed by atoms with van der Waals surface area (Å²) >= 11 is 4.83. The van der Waals surface area contributed by atoms with E-state index in [9.17, 15) is 8.42 Å². The van der Waals surface area contributed by atoms with Gasteiger partial charge in [0.05, 0.1) is 8.68 Å². The molecule has 0 radical (unpaired) electrons. The fourth-order valence-corrected chi connectivity index (χ4v) is 6.27. The predicted molar refractivity (Wildman–Crippen MR) is 86.8 cm³/mol. The minimum atomic E-state index is -3.34. The first-order valence-electron chi connectivity index (χ1n) is 6.86.